The Morgan fingerprint density at radius 3 is 2.41 bits per heavy atom. The molecule has 17 heavy (non-hydrogen) atoms. The fraction of sp³-hybridized carbons (Fsp3) is 0. The Morgan fingerprint density at radius 1 is 0.765 bits per heavy atom. The van der Waals surface area contributed by atoms with E-state index >= 15 is 0 Å². The summed E-state index contributed by atoms with van der Waals surface area (Å²) in [4.78, 5) is 12.0. The number of halogens is 1. The van der Waals surface area contributed by atoms with Crippen molar-refractivity contribution >= 4 is 37.5 Å². The molecule has 0 saturated carbocycles. The average molecular weight is 285 g/mol. The molecule has 0 aliphatic heterocycles. The first-order valence-corrected chi connectivity index (χ1v) is 6.17. The largest absolute Gasteiger partial charge is 0.289 e. The van der Waals surface area contributed by atoms with Gasteiger partial charge < -0.3 is 0 Å². The van der Waals surface area contributed by atoms with E-state index in [0.717, 1.165) is 26.0 Å². The van der Waals surface area contributed by atoms with Crippen LogP contribution < -0.4 is 5.43 Å². The molecule has 0 N–H and O–H groups in total. The lowest BCUT2D eigenvalue weighted by Crippen LogP contribution is -1.94. The van der Waals surface area contributed by atoms with Crippen molar-refractivity contribution in [1.82, 2.24) is 0 Å². The van der Waals surface area contributed by atoms with E-state index in [9.17, 15) is 4.79 Å². The van der Waals surface area contributed by atoms with Crippen LogP contribution in [-0.2, 0) is 0 Å². The smallest absolute Gasteiger partial charge is 0.186 e. The van der Waals surface area contributed by atoms with Crippen molar-refractivity contribution in [2.24, 2.45) is 0 Å². The van der Waals surface area contributed by atoms with Gasteiger partial charge in [-0.25, -0.2) is 0 Å². The third-order valence-electron chi connectivity index (χ3n) is 2.92. The monoisotopic (exact) mass is 284 g/mol. The molecule has 3 aromatic rings. The van der Waals surface area contributed by atoms with Gasteiger partial charge in [0.2, 0.25) is 0 Å². The highest BCUT2D eigenvalue weighted by Gasteiger charge is 2.04. The number of benzene rings is 2. The Morgan fingerprint density at radius 2 is 1.53 bits per heavy atom. The van der Waals surface area contributed by atoms with Gasteiger partial charge in [0.05, 0.1) is 0 Å². The Kier molecular flexibility index (Phi) is 2.45. The van der Waals surface area contributed by atoms with E-state index in [2.05, 4.69) is 15.9 Å². The minimum absolute atomic E-state index is 0.0532. The zero-order chi connectivity index (χ0) is 11.8. The van der Waals surface area contributed by atoms with Crippen LogP contribution in [0.3, 0.4) is 0 Å². The van der Waals surface area contributed by atoms with Crippen LogP contribution in [0.15, 0.2) is 63.9 Å². The number of hydrogen-bond donors (Lipinski definition) is 0. The summed E-state index contributed by atoms with van der Waals surface area (Å²) >= 11 is 3.53. The molecule has 0 heterocycles. The summed E-state index contributed by atoms with van der Waals surface area (Å²) in [5.74, 6) is 0. The number of hydrogen-bond acceptors (Lipinski definition) is 1. The molecule has 0 fully saturated rings. The van der Waals surface area contributed by atoms with E-state index in [1.165, 1.54) is 0 Å². The molecule has 1 nitrogen and oxygen atoms in total. The van der Waals surface area contributed by atoms with E-state index in [4.69, 9.17) is 0 Å². The maximum atomic E-state index is 12.0. The minimum Gasteiger partial charge on any atom is -0.289 e. The first-order valence-electron chi connectivity index (χ1n) is 5.38. The lowest BCUT2D eigenvalue weighted by molar-refractivity contribution is 1.70. The van der Waals surface area contributed by atoms with Gasteiger partial charge in [0, 0.05) is 15.2 Å². The van der Waals surface area contributed by atoms with Gasteiger partial charge in [-0.05, 0) is 22.9 Å². The molecule has 2 heteroatoms. The van der Waals surface area contributed by atoms with E-state index in [-0.39, 0.29) is 5.43 Å². The first kappa shape index (κ1) is 10.5. The SMILES string of the molecule is O=c1ccc2ccccc2c2c(Br)cccc12. The Labute approximate surface area is 107 Å². The molecule has 3 aromatic carbocycles. The van der Waals surface area contributed by atoms with Crippen molar-refractivity contribution in [3.63, 3.8) is 0 Å². The summed E-state index contributed by atoms with van der Waals surface area (Å²) in [6.07, 6.45) is 0. The highest BCUT2D eigenvalue weighted by Crippen LogP contribution is 2.28. The summed E-state index contributed by atoms with van der Waals surface area (Å²) in [5.41, 5.74) is 0.0532. The maximum Gasteiger partial charge on any atom is 0.186 e. The van der Waals surface area contributed by atoms with Crippen molar-refractivity contribution in [1.29, 1.82) is 0 Å². The van der Waals surface area contributed by atoms with Crippen LogP contribution >= 0.6 is 15.9 Å². The summed E-state index contributed by atoms with van der Waals surface area (Å²) in [6, 6.07) is 17.3. The van der Waals surface area contributed by atoms with Crippen molar-refractivity contribution in [2.45, 2.75) is 0 Å². The van der Waals surface area contributed by atoms with Crippen LogP contribution in [0.4, 0.5) is 0 Å². The second-order valence-electron chi connectivity index (χ2n) is 3.95. The van der Waals surface area contributed by atoms with Crippen molar-refractivity contribution in [2.75, 3.05) is 0 Å². The summed E-state index contributed by atoms with van der Waals surface area (Å²) < 4.78 is 0.958. The molecule has 0 atom stereocenters. The van der Waals surface area contributed by atoms with Gasteiger partial charge in [-0.2, -0.15) is 0 Å². The summed E-state index contributed by atoms with van der Waals surface area (Å²) in [5, 5.41) is 3.90. The molecule has 0 radical (unpaired) electrons. The third kappa shape index (κ3) is 1.65. The Bertz CT molecular complexity index is 778. The van der Waals surface area contributed by atoms with Crippen molar-refractivity contribution < 1.29 is 0 Å². The Hall–Kier alpha value is -1.67. The molecule has 0 spiro atoms. The minimum atomic E-state index is 0.0532. The van der Waals surface area contributed by atoms with Gasteiger partial charge >= 0.3 is 0 Å². The Balaban J connectivity index is 2.77. The number of rotatable bonds is 0. The highest BCUT2D eigenvalue weighted by molar-refractivity contribution is 9.10. The van der Waals surface area contributed by atoms with Crippen molar-refractivity contribution in [3.8, 4) is 0 Å². The second-order valence-corrected chi connectivity index (χ2v) is 4.80. The normalized spacial score (nSPS) is 10.9. The van der Waals surface area contributed by atoms with E-state index in [0.29, 0.717) is 0 Å². The predicted octanol–water partition coefficient (Wildman–Crippen LogP) is 4.12. The highest BCUT2D eigenvalue weighted by atomic mass is 79.9. The molecule has 0 aliphatic carbocycles. The van der Waals surface area contributed by atoms with Gasteiger partial charge in [-0.1, -0.05) is 58.4 Å². The molecule has 0 aromatic heterocycles. The van der Waals surface area contributed by atoms with Crippen LogP contribution in [-0.4, -0.2) is 0 Å². The van der Waals surface area contributed by atoms with Crippen LogP contribution in [0.2, 0.25) is 0 Å². The first-order chi connectivity index (χ1) is 8.27. The predicted molar refractivity (Wildman–Crippen MR) is 75.4 cm³/mol. The molecular formula is C15H9BrO. The zero-order valence-electron chi connectivity index (χ0n) is 8.98. The molecule has 0 saturated heterocycles. The molecule has 82 valence electrons. The quantitative estimate of drug-likeness (QED) is 0.607. The zero-order valence-corrected chi connectivity index (χ0v) is 10.6. The van der Waals surface area contributed by atoms with Crippen LogP contribution in [0.25, 0.3) is 21.5 Å². The fourth-order valence-electron chi connectivity index (χ4n) is 2.13. The molecular weight excluding hydrogens is 276 g/mol. The van der Waals surface area contributed by atoms with Crippen LogP contribution in [0, 0.1) is 0 Å². The van der Waals surface area contributed by atoms with Gasteiger partial charge in [-0.15, -0.1) is 0 Å². The van der Waals surface area contributed by atoms with Gasteiger partial charge in [0.1, 0.15) is 0 Å². The fourth-order valence-corrected chi connectivity index (χ4v) is 2.71. The maximum absolute atomic E-state index is 12.0. The third-order valence-corrected chi connectivity index (χ3v) is 3.58. The molecule has 0 bridgehead atoms. The second kappa shape index (κ2) is 3.97. The van der Waals surface area contributed by atoms with E-state index in [1.807, 2.05) is 48.5 Å². The van der Waals surface area contributed by atoms with Gasteiger partial charge in [0.15, 0.2) is 5.43 Å². The summed E-state index contributed by atoms with van der Waals surface area (Å²) in [6.45, 7) is 0. The van der Waals surface area contributed by atoms with Gasteiger partial charge in [0.25, 0.3) is 0 Å². The van der Waals surface area contributed by atoms with Crippen LogP contribution in [0.1, 0.15) is 0 Å². The standard InChI is InChI=1S/C15H9BrO/c16-13-7-3-6-12-14(17)9-8-10-4-1-2-5-11(10)15(12)13/h1-9H. The van der Waals surface area contributed by atoms with E-state index in [1.54, 1.807) is 6.07 Å². The topological polar surface area (TPSA) is 17.1 Å². The van der Waals surface area contributed by atoms with E-state index < -0.39 is 0 Å². The number of fused-ring (bicyclic) bond motifs is 3. The lowest BCUT2D eigenvalue weighted by atomic mass is 10.1. The molecule has 0 amide bonds. The molecule has 3 rings (SSSR count). The summed E-state index contributed by atoms with van der Waals surface area (Å²) in [7, 11) is 0. The van der Waals surface area contributed by atoms with Crippen LogP contribution in [0.5, 0.6) is 0 Å². The average Bonchev–Trinajstić information content (AvgIpc) is 2.49. The van der Waals surface area contributed by atoms with Gasteiger partial charge in [-0.3, -0.25) is 4.79 Å². The lowest BCUT2D eigenvalue weighted by Gasteiger charge is -1.99. The molecule has 0 unspecified atom stereocenters. The molecule has 0 aliphatic rings. The van der Waals surface area contributed by atoms with Crippen molar-refractivity contribution in [3.05, 3.63) is 69.3 Å².